The molecule has 3 aliphatic heterocycles. The van der Waals surface area contributed by atoms with Gasteiger partial charge in [0.2, 0.25) is 0 Å². The van der Waals surface area contributed by atoms with E-state index in [4.69, 9.17) is 0 Å². The molecule has 0 atom stereocenters. The number of nitrogens with zero attached hydrogens (tertiary/aromatic N) is 3. The van der Waals surface area contributed by atoms with Crippen molar-refractivity contribution in [2.75, 3.05) is 52.9 Å². The molecule has 3 rings (SSSR count). The second-order valence-corrected chi connectivity index (χ2v) is 6.78. The van der Waals surface area contributed by atoms with Gasteiger partial charge in [-0.25, -0.2) is 0 Å². The summed E-state index contributed by atoms with van der Waals surface area (Å²) < 4.78 is 2.18. The molecule has 0 saturated carbocycles. The maximum absolute atomic E-state index is 4.43. The Hall–Kier alpha value is 0.230. The zero-order valence-corrected chi connectivity index (χ0v) is 11.1. The quantitative estimate of drug-likeness (QED) is 0.717. The second-order valence-electron chi connectivity index (χ2n) is 6.21. The lowest BCUT2D eigenvalue weighted by molar-refractivity contribution is -0.0542. The van der Waals surface area contributed by atoms with E-state index >= 15 is 0 Å². The van der Waals surface area contributed by atoms with Crippen LogP contribution >= 0.6 is 12.8 Å². The fourth-order valence-electron chi connectivity index (χ4n) is 3.63. The zero-order chi connectivity index (χ0) is 11.2. The van der Waals surface area contributed by atoms with Gasteiger partial charge in [-0.2, -0.15) is 0 Å². The van der Waals surface area contributed by atoms with Crippen LogP contribution in [-0.2, 0) is 0 Å². The number of rotatable bonds is 2. The van der Waals surface area contributed by atoms with E-state index in [9.17, 15) is 0 Å². The van der Waals surface area contributed by atoms with Crippen molar-refractivity contribution in [3.05, 3.63) is 0 Å². The largest absolute Gasteiger partial charge is 0.306 e. The fourth-order valence-corrected chi connectivity index (χ4v) is 3.83. The maximum Gasteiger partial charge on any atom is 0.00932 e. The summed E-state index contributed by atoms with van der Waals surface area (Å²) in [7, 11) is 2.22. The van der Waals surface area contributed by atoms with Crippen LogP contribution in [0.15, 0.2) is 0 Å². The Morgan fingerprint density at radius 3 is 2.38 bits per heavy atom. The van der Waals surface area contributed by atoms with Crippen molar-refractivity contribution in [1.29, 1.82) is 0 Å². The predicted octanol–water partition coefficient (Wildman–Crippen LogP) is 0.791. The highest BCUT2D eigenvalue weighted by atomic mass is 32.1. The van der Waals surface area contributed by atoms with Gasteiger partial charge in [0.05, 0.1) is 0 Å². The topological polar surface area (TPSA) is 9.72 Å². The number of likely N-dealkylation sites (tertiary alicyclic amines) is 2. The van der Waals surface area contributed by atoms with E-state index in [0.717, 1.165) is 5.92 Å². The first kappa shape index (κ1) is 11.3. The average molecular weight is 241 g/mol. The molecule has 3 fully saturated rings. The minimum Gasteiger partial charge on any atom is -0.306 e. The highest BCUT2D eigenvalue weighted by Crippen LogP contribution is 2.41. The molecule has 0 aromatic carbocycles. The molecule has 92 valence electrons. The molecule has 0 aromatic heterocycles. The van der Waals surface area contributed by atoms with Gasteiger partial charge in [-0.15, -0.1) is 0 Å². The summed E-state index contributed by atoms with van der Waals surface area (Å²) in [5.41, 5.74) is 0.675. The van der Waals surface area contributed by atoms with Crippen molar-refractivity contribution in [2.45, 2.75) is 12.8 Å². The Morgan fingerprint density at radius 2 is 1.81 bits per heavy atom. The molecule has 3 aliphatic rings. The molecule has 0 bridgehead atoms. The van der Waals surface area contributed by atoms with E-state index < -0.39 is 0 Å². The minimum atomic E-state index is 0.675. The minimum absolute atomic E-state index is 0.675. The van der Waals surface area contributed by atoms with E-state index in [2.05, 4.69) is 34.0 Å². The van der Waals surface area contributed by atoms with Gasteiger partial charge in [0.1, 0.15) is 0 Å². The lowest BCUT2D eigenvalue weighted by atomic mass is 9.72. The number of thiol groups is 1. The molecule has 0 N–H and O–H groups in total. The smallest absolute Gasteiger partial charge is 0.00932 e. The third-order valence-corrected chi connectivity index (χ3v) is 4.97. The van der Waals surface area contributed by atoms with Crippen molar-refractivity contribution < 1.29 is 0 Å². The third-order valence-electron chi connectivity index (χ3n) is 4.57. The van der Waals surface area contributed by atoms with E-state index in [-0.39, 0.29) is 0 Å². The van der Waals surface area contributed by atoms with Gasteiger partial charge in [0.25, 0.3) is 0 Å². The average Bonchev–Trinajstić information content (AvgIpc) is 2.16. The van der Waals surface area contributed by atoms with Crippen molar-refractivity contribution in [3.63, 3.8) is 0 Å². The van der Waals surface area contributed by atoms with E-state index in [1.807, 2.05) is 0 Å². The molecule has 1 spiro atoms. The van der Waals surface area contributed by atoms with Crippen molar-refractivity contribution in [3.8, 4) is 0 Å². The lowest BCUT2D eigenvalue weighted by Gasteiger charge is -2.55. The van der Waals surface area contributed by atoms with Crippen molar-refractivity contribution >= 4 is 12.8 Å². The zero-order valence-electron chi connectivity index (χ0n) is 10.2. The molecule has 3 nitrogen and oxygen atoms in total. The van der Waals surface area contributed by atoms with Crippen LogP contribution in [-0.4, -0.2) is 67.0 Å². The van der Waals surface area contributed by atoms with Gasteiger partial charge in [-0.3, -0.25) is 4.31 Å². The second kappa shape index (κ2) is 4.16. The normalized spacial score (nSPS) is 32.6. The van der Waals surface area contributed by atoms with Crippen LogP contribution in [0.3, 0.4) is 0 Å². The molecular formula is C12H23N3S. The monoisotopic (exact) mass is 241 g/mol. The van der Waals surface area contributed by atoms with Crippen LogP contribution in [0.4, 0.5) is 0 Å². The maximum atomic E-state index is 4.43. The summed E-state index contributed by atoms with van der Waals surface area (Å²) in [6.07, 6.45) is 2.72. The van der Waals surface area contributed by atoms with E-state index in [0.29, 0.717) is 5.41 Å². The first-order chi connectivity index (χ1) is 7.65. The highest BCUT2D eigenvalue weighted by Gasteiger charge is 2.45. The molecule has 0 aliphatic carbocycles. The van der Waals surface area contributed by atoms with Crippen molar-refractivity contribution in [2.24, 2.45) is 11.3 Å². The van der Waals surface area contributed by atoms with Crippen LogP contribution < -0.4 is 0 Å². The molecule has 0 amide bonds. The number of hydrogen-bond acceptors (Lipinski definition) is 4. The third kappa shape index (κ3) is 2.13. The number of hydrogen-bond donors (Lipinski definition) is 1. The predicted molar refractivity (Wildman–Crippen MR) is 69.7 cm³/mol. The summed E-state index contributed by atoms with van der Waals surface area (Å²) in [5.74, 6) is 0.951. The molecule has 3 saturated heterocycles. The van der Waals surface area contributed by atoms with Crippen LogP contribution in [0.5, 0.6) is 0 Å². The Kier molecular flexibility index (Phi) is 2.94. The molecule has 0 unspecified atom stereocenters. The molecule has 0 radical (unpaired) electrons. The van der Waals surface area contributed by atoms with E-state index in [1.165, 1.54) is 58.7 Å². The summed E-state index contributed by atoms with van der Waals surface area (Å²) in [6, 6.07) is 0. The lowest BCUT2D eigenvalue weighted by Crippen LogP contribution is -2.62. The van der Waals surface area contributed by atoms with Crippen LogP contribution in [0.1, 0.15) is 12.8 Å². The Labute approximate surface area is 104 Å². The Bertz CT molecular complexity index is 249. The summed E-state index contributed by atoms with van der Waals surface area (Å²) in [4.78, 5) is 5.09. The summed E-state index contributed by atoms with van der Waals surface area (Å²) >= 11 is 4.43. The van der Waals surface area contributed by atoms with Crippen LogP contribution in [0.2, 0.25) is 0 Å². The number of piperidine rings is 1. The molecule has 16 heavy (non-hydrogen) atoms. The van der Waals surface area contributed by atoms with Gasteiger partial charge in [-0.1, -0.05) is 12.8 Å². The first-order valence-electron chi connectivity index (χ1n) is 6.50. The van der Waals surface area contributed by atoms with Gasteiger partial charge in [-0.05, 0) is 31.2 Å². The fraction of sp³-hybridized carbons (Fsp3) is 1.00. The Morgan fingerprint density at radius 1 is 1.19 bits per heavy atom. The first-order valence-corrected chi connectivity index (χ1v) is 6.90. The SMILES string of the molecule is CN1CC(CN2CC3(CCN(S)CC3)C2)C1. The van der Waals surface area contributed by atoms with Crippen LogP contribution in [0, 0.1) is 11.3 Å². The summed E-state index contributed by atoms with van der Waals surface area (Å²) in [6.45, 7) is 9.05. The Balaban J connectivity index is 1.41. The molecular weight excluding hydrogens is 218 g/mol. The van der Waals surface area contributed by atoms with Gasteiger partial charge in [0.15, 0.2) is 0 Å². The van der Waals surface area contributed by atoms with Gasteiger partial charge < -0.3 is 9.80 Å². The molecule has 4 heteroatoms. The van der Waals surface area contributed by atoms with Crippen molar-refractivity contribution in [1.82, 2.24) is 14.1 Å². The van der Waals surface area contributed by atoms with Crippen LogP contribution in [0.25, 0.3) is 0 Å². The molecule has 0 aromatic rings. The van der Waals surface area contributed by atoms with E-state index in [1.54, 1.807) is 0 Å². The standard InChI is InChI=1S/C12H23N3S/c1-13-6-11(7-13)8-14-9-12(10-14)2-4-15(16)5-3-12/h11,16H,2-10H2,1H3. The van der Waals surface area contributed by atoms with Gasteiger partial charge >= 0.3 is 0 Å². The molecule has 3 heterocycles. The van der Waals surface area contributed by atoms with Gasteiger partial charge in [0, 0.05) is 45.8 Å². The highest BCUT2D eigenvalue weighted by molar-refractivity contribution is 7.77. The summed E-state index contributed by atoms with van der Waals surface area (Å²) in [5, 5.41) is 0.